The maximum atomic E-state index is 11.4. The highest BCUT2D eigenvalue weighted by atomic mass is 32.2. The standard InChI is InChI=1S/C24H40NO2PS/c1-2-3-4-5-6-7-8-9-10-11-12-13-14-15-16-17-18-19-21-27-24(26)25-20-22-29-23-28/h3-4,6-7,9-10,12-13,15-16H,2,5,8,11,14,17-23,28H2,1H3,(H,25,26)/b4-3-,7-6-,10-9-,13-12-,16-15-. The highest BCUT2D eigenvalue weighted by Crippen LogP contribution is 2.02. The fourth-order valence-corrected chi connectivity index (χ4v) is 3.17. The van der Waals surface area contributed by atoms with Crippen LogP contribution in [0.4, 0.5) is 4.79 Å². The van der Waals surface area contributed by atoms with Gasteiger partial charge in [0.15, 0.2) is 0 Å². The van der Waals surface area contributed by atoms with E-state index in [1.807, 2.05) is 0 Å². The van der Waals surface area contributed by atoms with E-state index in [9.17, 15) is 4.79 Å². The lowest BCUT2D eigenvalue weighted by molar-refractivity contribution is 0.145. The van der Waals surface area contributed by atoms with E-state index in [0.717, 1.165) is 62.6 Å². The molecule has 0 aliphatic rings. The van der Waals surface area contributed by atoms with Gasteiger partial charge < -0.3 is 10.1 Å². The second-order valence-corrected chi connectivity index (χ2v) is 8.49. The van der Waals surface area contributed by atoms with E-state index in [1.54, 1.807) is 11.8 Å². The maximum Gasteiger partial charge on any atom is 0.407 e. The highest BCUT2D eigenvalue weighted by Gasteiger charge is 1.99. The molecule has 3 nitrogen and oxygen atoms in total. The Morgan fingerprint density at radius 1 is 0.862 bits per heavy atom. The SMILES string of the molecule is CC/C=C\C/C=C\C/C=C\C/C=C\C/C=C\CCCCOC(=O)NCCSCP. The number of unbranched alkanes of at least 4 members (excludes halogenated alkanes) is 2. The van der Waals surface area contributed by atoms with Crippen LogP contribution >= 0.6 is 21.0 Å². The molecule has 0 aromatic rings. The van der Waals surface area contributed by atoms with Gasteiger partial charge in [-0.3, -0.25) is 0 Å². The van der Waals surface area contributed by atoms with Gasteiger partial charge in [-0.05, 0) is 51.4 Å². The average Bonchev–Trinajstić information content (AvgIpc) is 2.73. The molecular formula is C24H40NO2PS. The Morgan fingerprint density at radius 2 is 1.41 bits per heavy atom. The molecule has 29 heavy (non-hydrogen) atoms. The second-order valence-electron chi connectivity index (χ2n) is 6.34. The van der Waals surface area contributed by atoms with Gasteiger partial charge in [-0.15, -0.1) is 9.24 Å². The summed E-state index contributed by atoms with van der Waals surface area (Å²) in [5.74, 6) is 0.919. The first-order valence-corrected chi connectivity index (χ1v) is 12.7. The number of hydrogen-bond acceptors (Lipinski definition) is 3. The number of alkyl carbamates (subject to hydrolysis) is 1. The quantitative estimate of drug-likeness (QED) is 0.140. The van der Waals surface area contributed by atoms with Crippen molar-refractivity contribution in [2.24, 2.45) is 0 Å². The van der Waals surface area contributed by atoms with Crippen LogP contribution in [0.1, 0.15) is 58.3 Å². The van der Waals surface area contributed by atoms with Crippen LogP contribution in [0.3, 0.4) is 0 Å². The predicted molar refractivity (Wildman–Crippen MR) is 135 cm³/mol. The molecule has 1 unspecified atom stereocenters. The normalized spacial score (nSPS) is 12.3. The Labute approximate surface area is 185 Å². The summed E-state index contributed by atoms with van der Waals surface area (Å²) in [7, 11) is 2.65. The van der Waals surface area contributed by atoms with E-state index in [2.05, 4.69) is 82.2 Å². The molecule has 0 saturated heterocycles. The Hall–Kier alpha value is -1.25. The number of carbonyl (C=O) groups excluding carboxylic acids is 1. The smallest absolute Gasteiger partial charge is 0.407 e. The minimum Gasteiger partial charge on any atom is -0.450 e. The van der Waals surface area contributed by atoms with Crippen molar-refractivity contribution in [3.63, 3.8) is 0 Å². The van der Waals surface area contributed by atoms with Crippen LogP contribution in [-0.2, 0) is 4.74 Å². The van der Waals surface area contributed by atoms with E-state index >= 15 is 0 Å². The largest absolute Gasteiger partial charge is 0.450 e. The summed E-state index contributed by atoms with van der Waals surface area (Å²) < 4.78 is 5.14. The van der Waals surface area contributed by atoms with Gasteiger partial charge in [0.1, 0.15) is 0 Å². The number of hydrogen-bond donors (Lipinski definition) is 1. The van der Waals surface area contributed by atoms with Crippen molar-refractivity contribution in [3.8, 4) is 0 Å². The van der Waals surface area contributed by atoms with Gasteiger partial charge in [-0.25, -0.2) is 4.79 Å². The molecule has 1 amide bonds. The average molecular weight is 438 g/mol. The molecule has 0 aromatic heterocycles. The molecule has 5 heteroatoms. The molecule has 0 spiro atoms. The van der Waals surface area contributed by atoms with E-state index in [0.29, 0.717) is 13.2 Å². The van der Waals surface area contributed by atoms with Crippen molar-refractivity contribution in [2.75, 3.05) is 24.4 Å². The van der Waals surface area contributed by atoms with E-state index < -0.39 is 0 Å². The van der Waals surface area contributed by atoms with Gasteiger partial charge in [0.05, 0.1) is 6.61 Å². The lowest BCUT2D eigenvalue weighted by Gasteiger charge is -2.05. The first-order valence-electron chi connectivity index (χ1n) is 10.7. The van der Waals surface area contributed by atoms with Gasteiger partial charge in [0.2, 0.25) is 0 Å². The monoisotopic (exact) mass is 437 g/mol. The number of nitrogens with one attached hydrogen (secondary N) is 1. The van der Waals surface area contributed by atoms with Crippen molar-refractivity contribution in [3.05, 3.63) is 60.8 Å². The van der Waals surface area contributed by atoms with Gasteiger partial charge in [-0.2, -0.15) is 11.8 Å². The highest BCUT2D eigenvalue weighted by molar-refractivity contribution is 8.02. The third-order valence-electron chi connectivity index (χ3n) is 3.79. The maximum absolute atomic E-state index is 11.4. The van der Waals surface area contributed by atoms with Gasteiger partial charge in [-0.1, -0.05) is 67.7 Å². The van der Waals surface area contributed by atoms with Crippen LogP contribution in [-0.4, -0.2) is 30.5 Å². The molecule has 164 valence electrons. The lowest BCUT2D eigenvalue weighted by Crippen LogP contribution is -2.26. The topological polar surface area (TPSA) is 38.3 Å². The Morgan fingerprint density at radius 3 is 1.97 bits per heavy atom. The van der Waals surface area contributed by atoms with Crippen molar-refractivity contribution in [1.29, 1.82) is 0 Å². The third-order valence-corrected chi connectivity index (χ3v) is 5.23. The van der Waals surface area contributed by atoms with Crippen LogP contribution in [0.25, 0.3) is 0 Å². The van der Waals surface area contributed by atoms with Crippen LogP contribution in [0.2, 0.25) is 0 Å². The lowest BCUT2D eigenvalue weighted by atomic mass is 10.2. The van der Waals surface area contributed by atoms with Crippen molar-refractivity contribution >= 4 is 27.1 Å². The molecule has 0 saturated carbocycles. The number of allylic oxidation sites excluding steroid dienone is 10. The van der Waals surface area contributed by atoms with E-state index in [4.69, 9.17) is 4.74 Å². The zero-order valence-electron chi connectivity index (χ0n) is 18.1. The van der Waals surface area contributed by atoms with Crippen molar-refractivity contribution in [2.45, 2.75) is 58.3 Å². The van der Waals surface area contributed by atoms with Gasteiger partial charge in [0.25, 0.3) is 0 Å². The summed E-state index contributed by atoms with van der Waals surface area (Å²) in [6.45, 7) is 3.31. The Bertz CT molecular complexity index is 513. The molecule has 1 N–H and O–H groups in total. The summed E-state index contributed by atoms with van der Waals surface area (Å²) in [6, 6.07) is 0. The number of carbonyl (C=O) groups is 1. The van der Waals surface area contributed by atoms with Crippen LogP contribution in [0, 0.1) is 0 Å². The molecule has 0 radical (unpaired) electrons. The number of thioether (sulfide) groups is 1. The molecule has 1 atom stereocenters. The summed E-state index contributed by atoms with van der Waals surface area (Å²) in [5.41, 5.74) is 0.993. The van der Waals surface area contributed by atoms with E-state index in [-0.39, 0.29) is 6.09 Å². The molecular weight excluding hydrogens is 397 g/mol. The summed E-state index contributed by atoms with van der Waals surface area (Å²) >= 11 is 1.77. The molecule has 0 rings (SSSR count). The summed E-state index contributed by atoms with van der Waals surface area (Å²) in [4.78, 5) is 11.4. The number of ether oxygens (including phenoxy) is 1. The molecule has 0 bridgehead atoms. The summed E-state index contributed by atoms with van der Waals surface area (Å²) in [6.07, 6.45) is 29.9. The number of rotatable bonds is 18. The Balaban J connectivity index is 3.43. The third kappa shape index (κ3) is 24.7. The predicted octanol–water partition coefficient (Wildman–Crippen LogP) is 7.20. The zero-order valence-corrected chi connectivity index (χ0v) is 20.0. The minimum atomic E-state index is -0.302. The molecule has 0 heterocycles. The fraction of sp³-hybridized carbons (Fsp3) is 0.542. The van der Waals surface area contributed by atoms with Crippen LogP contribution in [0.15, 0.2) is 60.8 Å². The second kappa shape index (κ2) is 24.8. The molecule has 0 fully saturated rings. The van der Waals surface area contributed by atoms with Gasteiger partial charge >= 0.3 is 6.09 Å². The number of amides is 1. The zero-order chi connectivity index (χ0) is 21.3. The summed E-state index contributed by atoms with van der Waals surface area (Å²) in [5, 5.41) is 2.75. The van der Waals surface area contributed by atoms with Crippen LogP contribution in [0.5, 0.6) is 0 Å². The van der Waals surface area contributed by atoms with Gasteiger partial charge in [0, 0.05) is 17.8 Å². The first-order chi connectivity index (χ1) is 14.3. The van der Waals surface area contributed by atoms with Crippen LogP contribution < -0.4 is 5.32 Å². The van der Waals surface area contributed by atoms with E-state index in [1.165, 1.54) is 0 Å². The van der Waals surface area contributed by atoms with Crippen molar-refractivity contribution < 1.29 is 9.53 Å². The first kappa shape index (κ1) is 27.8. The Kier molecular flexibility index (Phi) is 23.7. The van der Waals surface area contributed by atoms with Crippen molar-refractivity contribution in [1.82, 2.24) is 5.32 Å². The molecule has 0 aliphatic heterocycles. The fourth-order valence-electron chi connectivity index (χ4n) is 2.26. The minimum absolute atomic E-state index is 0.302. The molecule has 0 aromatic carbocycles. The molecule has 0 aliphatic carbocycles.